The normalized spacial score (nSPS) is 11.4. The van der Waals surface area contributed by atoms with E-state index in [2.05, 4.69) is 48.2 Å². The fourth-order valence-electron chi connectivity index (χ4n) is 1.88. The molecule has 5 heteroatoms. The van der Waals surface area contributed by atoms with Gasteiger partial charge in [0.25, 0.3) is 0 Å². The summed E-state index contributed by atoms with van der Waals surface area (Å²) in [6.45, 7) is 8.49. The average molecular weight is 256 g/mol. The summed E-state index contributed by atoms with van der Waals surface area (Å²) in [5.41, 5.74) is 0. The molecule has 0 aromatic carbocycles. The molecule has 0 saturated heterocycles. The van der Waals surface area contributed by atoms with Crippen LogP contribution in [-0.2, 0) is 6.54 Å². The molecule has 1 aromatic rings. The van der Waals surface area contributed by atoms with Crippen molar-refractivity contribution in [3.63, 3.8) is 0 Å². The standard InChI is InChI=1S/C12H24N4S/c1-5-8-13-12-15-14-11(17-12)9-16(4)10(6-2)7-3/h10H,5-9H2,1-4H3,(H,13,15). The SMILES string of the molecule is CCCNc1nnc(CN(C)C(CC)CC)s1. The Morgan fingerprint density at radius 1 is 1.24 bits per heavy atom. The molecule has 0 fully saturated rings. The van der Waals surface area contributed by atoms with Crippen molar-refractivity contribution in [1.29, 1.82) is 0 Å². The molecule has 98 valence electrons. The third kappa shape index (κ3) is 4.60. The van der Waals surface area contributed by atoms with Gasteiger partial charge in [-0.2, -0.15) is 0 Å². The van der Waals surface area contributed by atoms with Gasteiger partial charge >= 0.3 is 0 Å². The Kier molecular flexibility index (Phi) is 6.44. The van der Waals surface area contributed by atoms with E-state index in [-0.39, 0.29) is 0 Å². The van der Waals surface area contributed by atoms with Crippen LogP contribution in [0.15, 0.2) is 0 Å². The molecule has 0 unspecified atom stereocenters. The monoisotopic (exact) mass is 256 g/mol. The van der Waals surface area contributed by atoms with Crippen LogP contribution in [0.25, 0.3) is 0 Å². The summed E-state index contributed by atoms with van der Waals surface area (Å²) < 4.78 is 0. The second-order valence-electron chi connectivity index (χ2n) is 4.31. The van der Waals surface area contributed by atoms with Crippen molar-refractivity contribution in [2.24, 2.45) is 0 Å². The average Bonchev–Trinajstić information content (AvgIpc) is 2.75. The van der Waals surface area contributed by atoms with E-state index < -0.39 is 0 Å². The molecule has 1 N–H and O–H groups in total. The molecule has 1 rings (SSSR count). The van der Waals surface area contributed by atoms with Gasteiger partial charge in [0.15, 0.2) is 0 Å². The fourth-order valence-corrected chi connectivity index (χ4v) is 2.70. The fraction of sp³-hybridized carbons (Fsp3) is 0.833. The summed E-state index contributed by atoms with van der Waals surface area (Å²) in [7, 11) is 2.16. The lowest BCUT2D eigenvalue weighted by Gasteiger charge is -2.24. The third-order valence-electron chi connectivity index (χ3n) is 2.94. The van der Waals surface area contributed by atoms with Gasteiger partial charge in [-0.3, -0.25) is 4.90 Å². The minimum atomic E-state index is 0.644. The zero-order valence-corrected chi connectivity index (χ0v) is 12.2. The van der Waals surface area contributed by atoms with E-state index in [1.54, 1.807) is 11.3 Å². The molecule has 0 spiro atoms. The summed E-state index contributed by atoms with van der Waals surface area (Å²) in [5, 5.41) is 13.7. The minimum absolute atomic E-state index is 0.644. The van der Waals surface area contributed by atoms with Crippen LogP contribution in [0.4, 0.5) is 5.13 Å². The summed E-state index contributed by atoms with van der Waals surface area (Å²) >= 11 is 1.66. The molecular weight excluding hydrogens is 232 g/mol. The molecule has 0 aliphatic carbocycles. The molecule has 0 aliphatic rings. The molecule has 0 amide bonds. The maximum Gasteiger partial charge on any atom is 0.205 e. The molecule has 0 aliphatic heterocycles. The van der Waals surface area contributed by atoms with Crippen LogP contribution in [-0.4, -0.2) is 34.7 Å². The van der Waals surface area contributed by atoms with Gasteiger partial charge in [-0.05, 0) is 26.3 Å². The zero-order valence-electron chi connectivity index (χ0n) is 11.4. The van der Waals surface area contributed by atoms with Crippen LogP contribution < -0.4 is 5.32 Å². The highest BCUT2D eigenvalue weighted by Crippen LogP contribution is 2.18. The van der Waals surface area contributed by atoms with Crippen LogP contribution in [0, 0.1) is 0 Å². The Hall–Kier alpha value is -0.680. The molecule has 0 radical (unpaired) electrons. The Morgan fingerprint density at radius 3 is 2.53 bits per heavy atom. The van der Waals surface area contributed by atoms with Crippen LogP contribution in [0.2, 0.25) is 0 Å². The topological polar surface area (TPSA) is 41.1 Å². The Balaban J connectivity index is 2.47. The smallest absolute Gasteiger partial charge is 0.205 e. The molecule has 17 heavy (non-hydrogen) atoms. The molecule has 1 heterocycles. The van der Waals surface area contributed by atoms with Gasteiger partial charge in [-0.25, -0.2) is 0 Å². The minimum Gasteiger partial charge on any atom is -0.360 e. The maximum absolute atomic E-state index is 4.22. The number of anilines is 1. The summed E-state index contributed by atoms with van der Waals surface area (Å²) in [4.78, 5) is 2.37. The Labute approximate surface area is 108 Å². The van der Waals surface area contributed by atoms with Gasteiger partial charge in [0.2, 0.25) is 5.13 Å². The van der Waals surface area contributed by atoms with Crippen molar-refractivity contribution in [3.8, 4) is 0 Å². The van der Waals surface area contributed by atoms with Crippen LogP contribution >= 0.6 is 11.3 Å². The highest BCUT2D eigenvalue weighted by Gasteiger charge is 2.13. The zero-order chi connectivity index (χ0) is 12.7. The van der Waals surface area contributed by atoms with E-state index >= 15 is 0 Å². The first kappa shape index (κ1) is 14.4. The number of aromatic nitrogens is 2. The quantitative estimate of drug-likeness (QED) is 0.776. The number of hydrogen-bond acceptors (Lipinski definition) is 5. The van der Waals surface area contributed by atoms with Gasteiger partial charge in [-0.1, -0.05) is 32.1 Å². The van der Waals surface area contributed by atoms with Crippen LogP contribution in [0.1, 0.15) is 45.0 Å². The van der Waals surface area contributed by atoms with E-state index in [4.69, 9.17) is 0 Å². The van der Waals surface area contributed by atoms with Crippen molar-refractivity contribution in [2.75, 3.05) is 18.9 Å². The van der Waals surface area contributed by atoms with E-state index in [9.17, 15) is 0 Å². The van der Waals surface area contributed by atoms with Gasteiger partial charge in [-0.15, -0.1) is 10.2 Å². The van der Waals surface area contributed by atoms with E-state index in [0.717, 1.165) is 29.6 Å². The van der Waals surface area contributed by atoms with Crippen molar-refractivity contribution in [3.05, 3.63) is 5.01 Å². The van der Waals surface area contributed by atoms with Gasteiger partial charge in [0.1, 0.15) is 5.01 Å². The number of nitrogens with one attached hydrogen (secondary N) is 1. The second kappa shape index (κ2) is 7.61. The van der Waals surface area contributed by atoms with Crippen LogP contribution in [0.5, 0.6) is 0 Å². The first-order valence-corrected chi connectivity index (χ1v) is 7.29. The molecule has 0 bridgehead atoms. The predicted molar refractivity (Wildman–Crippen MR) is 74.5 cm³/mol. The number of nitrogens with zero attached hydrogens (tertiary/aromatic N) is 3. The first-order chi connectivity index (χ1) is 8.21. The van der Waals surface area contributed by atoms with Gasteiger partial charge in [0, 0.05) is 12.6 Å². The molecule has 4 nitrogen and oxygen atoms in total. The first-order valence-electron chi connectivity index (χ1n) is 6.47. The number of hydrogen-bond donors (Lipinski definition) is 1. The van der Waals surface area contributed by atoms with Crippen LogP contribution in [0.3, 0.4) is 0 Å². The maximum atomic E-state index is 4.22. The Morgan fingerprint density at radius 2 is 1.94 bits per heavy atom. The molecule has 1 aromatic heterocycles. The summed E-state index contributed by atoms with van der Waals surface area (Å²) in [6, 6.07) is 0.644. The lowest BCUT2D eigenvalue weighted by atomic mass is 10.1. The largest absolute Gasteiger partial charge is 0.360 e. The highest BCUT2D eigenvalue weighted by molar-refractivity contribution is 7.15. The van der Waals surface area contributed by atoms with E-state index in [1.807, 2.05) is 0 Å². The second-order valence-corrected chi connectivity index (χ2v) is 5.38. The number of rotatable bonds is 8. The summed E-state index contributed by atoms with van der Waals surface area (Å²) in [6.07, 6.45) is 3.49. The molecule has 0 atom stereocenters. The Bertz CT molecular complexity index is 309. The highest BCUT2D eigenvalue weighted by atomic mass is 32.1. The van der Waals surface area contributed by atoms with E-state index in [0.29, 0.717) is 6.04 Å². The molecular formula is C12H24N4S. The van der Waals surface area contributed by atoms with Crippen molar-refractivity contribution in [1.82, 2.24) is 15.1 Å². The van der Waals surface area contributed by atoms with Gasteiger partial charge in [0.05, 0.1) is 6.54 Å². The van der Waals surface area contributed by atoms with E-state index in [1.165, 1.54) is 12.8 Å². The summed E-state index contributed by atoms with van der Waals surface area (Å²) in [5.74, 6) is 0. The van der Waals surface area contributed by atoms with Gasteiger partial charge < -0.3 is 5.32 Å². The van der Waals surface area contributed by atoms with Crippen molar-refractivity contribution < 1.29 is 0 Å². The third-order valence-corrected chi connectivity index (χ3v) is 3.81. The lowest BCUT2D eigenvalue weighted by Crippen LogP contribution is -2.29. The molecule has 0 saturated carbocycles. The predicted octanol–water partition coefficient (Wildman–Crippen LogP) is 2.98. The lowest BCUT2D eigenvalue weighted by molar-refractivity contribution is 0.221. The van der Waals surface area contributed by atoms with Crippen molar-refractivity contribution >= 4 is 16.5 Å². The van der Waals surface area contributed by atoms with Crippen molar-refractivity contribution in [2.45, 2.75) is 52.6 Å².